The number of allylic oxidation sites excluding steroid dienone is 2. The van der Waals surface area contributed by atoms with Crippen LogP contribution in [0.15, 0.2) is 72.7 Å². The van der Waals surface area contributed by atoms with Crippen LogP contribution in [0.3, 0.4) is 0 Å². The Morgan fingerprint density at radius 1 is 1.00 bits per heavy atom. The number of urea groups is 1. The van der Waals surface area contributed by atoms with Crippen LogP contribution in [0.5, 0.6) is 5.75 Å². The molecule has 1 aliphatic rings. The fraction of sp³-hybridized carbons (Fsp3) is 0.303. The standard InChI is InChI=1S/C33H35F3N6O2S/c1-20-17-21(2)29(22(3)18-20)41-15-6-16-45-32(41)39-31(43)38-24(5)23(4)25-7-9-26(10-8-25)30-37-19-42(40-30)27-11-13-28(14-12-27)44-33(34,35)36/h7-14,17-19,32H,6,15-16H2,1-5H3,(H2,38,39,43)/b24-23+. The molecule has 1 fully saturated rings. The lowest BCUT2D eigenvalue weighted by atomic mass is 10.0. The van der Waals surface area contributed by atoms with Crippen molar-refractivity contribution in [1.29, 1.82) is 0 Å². The third-order valence-electron chi connectivity index (χ3n) is 7.55. The lowest BCUT2D eigenvalue weighted by Crippen LogP contribution is -2.52. The lowest BCUT2D eigenvalue weighted by molar-refractivity contribution is -0.274. The quantitative estimate of drug-likeness (QED) is 0.216. The van der Waals surface area contributed by atoms with E-state index in [4.69, 9.17) is 0 Å². The molecule has 1 aromatic heterocycles. The molecule has 0 spiro atoms. The molecule has 1 unspecified atom stereocenters. The van der Waals surface area contributed by atoms with E-state index in [1.54, 1.807) is 11.8 Å². The molecule has 2 heterocycles. The van der Waals surface area contributed by atoms with Gasteiger partial charge in [-0.15, -0.1) is 30.0 Å². The van der Waals surface area contributed by atoms with Crippen molar-refractivity contribution >= 4 is 29.1 Å². The summed E-state index contributed by atoms with van der Waals surface area (Å²) in [6.45, 7) is 11.0. The first-order valence-corrected chi connectivity index (χ1v) is 15.5. The lowest BCUT2D eigenvalue weighted by Gasteiger charge is -2.39. The van der Waals surface area contributed by atoms with E-state index >= 15 is 0 Å². The smallest absolute Gasteiger partial charge is 0.406 e. The molecule has 5 rings (SSSR count). The zero-order valence-corrected chi connectivity index (χ0v) is 26.5. The molecule has 12 heteroatoms. The van der Waals surface area contributed by atoms with E-state index in [0.717, 1.165) is 41.1 Å². The number of anilines is 1. The van der Waals surface area contributed by atoms with Gasteiger partial charge >= 0.3 is 12.4 Å². The van der Waals surface area contributed by atoms with Gasteiger partial charge in [-0.1, -0.05) is 42.0 Å². The molecule has 0 saturated carbocycles. The monoisotopic (exact) mass is 636 g/mol. The average Bonchev–Trinajstić information content (AvgIpc) is 3.47. The van der Waals surface area contributed by atoms with Gasteiger partial charge in [-0.3, -0.25) is 0 Å². The molecule has 4 aromatic rings. The van der Waals surface area contributed by atoms with E-state index in [1.807, 2.05) is 38.1 Å². The van der Waals surface area contributed by atoms with Crippen molar-refractivity contribution < 1.29 is 22.7 Å². The number of nitrogens with zero attached hydrogens (tertiary/aromatic N) is 4. The second-order valence-corrected chi connectivity index (χ2v) is 12.2. The molecule has 1 aliphatic heterocycles. The molecular formula is C33H35F3N6O2S. The summed E-state index contributed by atoms with van der Waals surface area (Å²) in [4.78, 5) is 19.8. The van der Waals surface area contributed by atoms with E-state index < -0.39 is 6.36 Å². The van der Waals surface area contributed by atoms with Gasteiger partial charge in [0.15, 0.2) is 11.3 Å². The van der Waals surface area contributed by atoms with E-state index in [9.17, 15) is 18.0 Å². The van der Waals surface area contributed by atoms with Gasteiger partial charge in [-0.05, 0) is 93.3 Å². The van der Waals surface area contributed by atoms with Crippen LogP contribution >= 0.6 is 11.8 Å². The highest BCUT2D eigenvalue weighted by atomic mass is 32.2. The van der Waals surface area contributed by atoms with Crippen LogP contribution in [0.1, 0.15) is 42.5 Å². The minimum atomic E-state index is -4.75. The Balaban J connectivity index is 1.23. The summed E-state index contributed by atoms with van der Waals surface area (Å²) >= 11 is 1.73. The molecule has 0 bridgehead atoms. The number of ether oxygens (including phenoxy) is 1. The molecule has 8 nitrogen and oxygen atoms in total. The van der Waals surface area contributed by atoms with Gasteiger partial charge in [0.2, 0.25) is 0 Å². The summed E-state index contributed by atoms with van der Waals surface area (Å²) in [5.41, 5.74) is 8.50. The fourth-order valence-corrected chi connectivity index (χ4v) is 6.53. The molecule has 2 N–H and O–H groups in total. The predicted molar refractivity (Wildman–Crippen MR) is 172 cm³/mol. The van der Waals surface area contributed by atoms with Gasteiger partial charge in [0, 0.05) is 23.5 Å². The van der Waals surface area contributed by atoms with Crippen LogP contribution in [0.2, 0.25) is 0 Å². The third kappa shape index (κ3) is 7.80. The number of hydrogen-bond donors (Lipinski definition) is 2. The molecule has 0 aliphatic carbocycles. The minimum absolute atomic E-state index is 0.176. The second-order valence-electron chi connectivity index (χ2n) is 11.0. The molecule has 236 valence electrons. The van der Waals surface area contributed by atoms with Crippen molar-refractivity contribution in [2.75, 3.05) is 17.2 Å². The molecule has 3 aromatic carbocycles. The van der Waals surface area contributed by atoms with Crippen molar-refractivity contribution in [2.24, 2.45) is 0 Å². The summed E-state index contributed by atoms with van der Waals surface area (Å²) in [7, 11) is 0. The normalized spacial score (nSPS) is 15.8. The maximum atomic E-state index is 13.1. The average molecular weight is 637 g/mol. The van der Waals surface area contributed by atoms with E-state index in [1.165, 1.54) is 57.7 Å². The Morgan fingerprint density at radius 3 is 2.31 bits per heavy atom. The first-order valence-electron chi connectivity index (χ1n) is 14.5. The number of benzene rings is 3. The van der Waals surface area contributed by atoms with Crippen LogP contribution in [-0.2, 0) is 0 Å². The van der Waals surface area contributed by atoms with Crippen molar-refractivity contribution in [3.05, 3.63) is 94.9 Å². The summed E-state index contributed by atoms with van der Waals surface area (Å²) in [5, 5.41) is 10.6. The molecule has 1 saturated heterocycles. The number of nitrogens with one attached hydrogen (secondary N) is 2. The highest BCUT2D eigenvalue weighted by molar-refractivity contribution is 8.00. The van der Waals surface area contributed by atoms with Gasteiger partial charge in [-0.2, -0.15) is 0 Å². The van der Waals surface area contributed by atoms with Crippen LogP contribution in [-0.4, -0.2) is 45.0 Å². The predicted octanol–water partition coefficient (Wildman–Crippen LogP) is 7.74. The zero-order valence-electron chi connectivity index (χ0n) is 25.7. The first-order chi connectivity index (χ1) is 21.4. The largest absolute Gasteiger partial charge is 0.573 e. The van der Waals surface area contributed by atoms with Crippen molar-refractivity contribution in [3.8, 4) is 22.8 Å². The van der Waals surface area contributed by atoms with Gasteiger partial charge in [0.1, 0.15) is 12.1 Å². The van der Waals surface area contributed by atoms with Crippen LogP contribution < -0.4 is 20.3 Å². The van der Waals surface area contributed by atoms with Crippen molar-refractivity contribution in [1.82, 2.24) is 25.4 Å². The summed E-state index contributed by atoms with van der Waals surface area (Å²) in [5.74, 6) is 1.12. The highest BCUT2D eigenvalue weighted by Gasteiger charge is 2.31. The van der Waals surface area contributed by atoms with Gasteiger partial charge in [0.05, 0.1) is 5.69 Å². The first kappa shape index (κ1) is 32.0. The number of carbonyl (C=O) groups excluding carboxylic acids is 1. The number of hydrogen-bond acceptors (Lipinski definition) is 6. The number of alkyl halides is 3. The Hall–Kier alpha value is -4.45. The molecule has 45 heavy (non-hydrogen) atoms. The summed E-state index contributed by atoms with van der Waals surface area (Å²) < 4.78 is 42.7. The Kier molecular flexibility index (Phi) is 9.42. The van der Waals surface area contributed by atoms with Crippen LogP contribution in [0, 0.1) is 20.8 Å². The summed E-state index contributed by atoms with van der Waals surface area (Å²) in [6.07, 6.45) is -2.21. The van der Waals surface area contributed by atoms with Crippen LogP contribution in [0.4, 0.5) is 23.7 Å². The number of amides is 2. The number of aryl methyl sites for hydroxylation is 3. The summed E-state index contributed by atoms with van der Waals surface area (Å²) in [6, 6.07) is 17.1. The maximum absolute atomic E-state index is 13.1. The van der Waals surface area contributed by atoms with Gasteiger partial charge < -0.3 is 20.3 Å². The maximum Gasteiger partial charge on any atom is 0.573 e. The molecular weight excluding hydrogens is 601 g/mol. The Bertz CT molecular complexity index is 1680. The van der Waals surface area contributed by atoms with E-state index in [0.29, 0.717) is 11.5 Å². The van der Waals surface area contributed by atoms with Crippen molar-refractivity contribution in [2.45, 2.75) is 52.9 Å². The number of aromatic nitrogens is 3. The Labute approximate surface area is 264 Å². The number of thioether (sulfide) groups is 1. The second kappa shape index (κ2) is 13.3. The van der Waals surface area contributed by atoms with Crippen LogP contribution in [0.25, 0.3) is 22.6 Å². The Morgan fingerprint density at radius 2 is 1.67 bits per heavy atom. The minimum Gasteiger partial charge on any atom is -0.406 e. The number of carbonyl (C=O) groups is 1. The zero-order chi connectivity index (χ0) is 32.3. The molecule has 2 amide bonds. The fourth-order valence-electron chi connectivity index (χ4n) is 5.43. The molecule has 1 atom stereocenters. The van der Waals surface area contributed by atoms with E-state index in [-0.39, 0.29) is 17.3 Å². The van der Waals surface area contributed by atoms with Crippen molar-refractivity contribution in [3.63, 3.8) is 0 Å². The number of rotatable bonds is 7. The van der Waals surface area contributed by atoms with E-state index in [2.05, 4.69) is 63.3 Å². The topological polar surface area (TPSA) is 84.3 Å². The van der Waals surface area contributed by atoms with Gasteiger partial charge in [0.25, 0.3) is 0 Å². The molecule has 0 radical (unpaired) electrons. The SMILES string of the molecule is C/C(NC(=O)NC1SCCCN1c1c(C)cc(C)cc1C)=C(/C)c1ccc(-c2ncn(-c3ccc(OC(F)(F)F)cc3)n2)cc1. The third-order valence-corrected chi connectivity index (χ3v) is 8.76. The number of halogens is 3. The highest BCUT2D eigenvalue weighted by Crippen LogP contribution is 2.33. The van der Waals surface area contributed by atoms with Gasteiger partial charge in [-0.25, -0.2) is 14.5 Å².